The number of rotatable bonds is 4. The molecule has 0 aliphatic carbocycles. The Morgan fingerprint density at radius 1 is 1.71 bits per heavy atom. The van der Waals surface area contributed by atoms with Crippen LogP contribution in [0.15, 0.2) is 9.95 Å². The monoisotopic (exact) mass is 218 g/mol. The van der Waals surface area contributed by atoms with Gasteiger partial charge < -0.3 is 10.1 Å². The lowest BCUT2D eigenvalue weighted by Crippen LogP contribution is -2.34. The summed E-state index contributed by atoms with van der Waals surface area (Å²) in [5.74, 6) is -1.08. The number of thioether (sulfide) groups is 1. The molecule has 0 aromatic carbocycles. The van der Waals surface area contributed by atoms with E-state index >= 15 is 0 Å². The van der Waals surface area contributed by atoms with E-state index in [1.165, 1.54) is 9.69 Å². The number of hydrogen-bond donors (Lipinski definition) is 2. The largest absolute Gasteiger partial charge is 0.481 e. The van der Waals surface area contributed by atoms with Crippen LogP contribution in [0.5, 0.6) is 0 Å². The lowest BCUT2D eigenvalue weighted by atomic mass is 10.8. The smallest absolute Gasteiger partial charge is 0.363 e. The third kappa shape index (κ3) is 2.28. The van der Waals surface area contributed by atoms with Gasteiger partial charge in [0.05, 0.1) is 5.75 Å². The quantitative estimate of drug-likeness (QED) is 0.626. The average molecular weight is 218 g/mol. The maximum Gasteiger partial charge on any atom is 0.363 e. The third-order valence-corrected chi connectivity index (χ3v) is 2.26. The minimum Gasteiger partial charge on any atom is -0.481 e. The molecule has 1 heterocycles. The van der Waals surface area contributed by atoms with Gasteiger partial charge in [0, 0.05) is 14.1 Å². The van der Waals surface area contributed by atoms with E-state index in [-0.39, 0.29) is 11.4 Å². The summed E-state index contributed by atoms with van der Waals surface area (Å²) in [4.78, 5) is 21.5. The first-order valence-electron chi connectivity index (χ1n) is 3.72. The van der Waals surface area contributed by atoms with Crippen molar-refractivity contribution in [1.29, 1.82) is 0 Å². The Hall–Kier alpha value is -1.44. The minimum atomic E-state index is -0.948. The number of hydrogen-bond acceptors (Lipinski definition) is 5. The Morgan fingerprint density at radius 3 is 2.86 bits per heavy atom. The zero-order valence-corrected chi connectivity index (χ0v) is 8.54. The molecule has 8 heteroatoms. The van der Waals surface area contributed by atoms with E-state index in [2.05, 4.69) is 10.2 Å². The van der Waals surface area contributed by atoms with Gasteiger partial charge in [0.1, 0.15) is 0 Å². The van der Waals surface area contributed by atoms with Gasteiger partial charge in [-0.15, -0.1) is 5.10 Å². The van der Waals surface area contributed by atoms with Gasteiger partial charge in [-0.05, 0) is 0 Å². The van der Waals surface area contributed by atoms with Crippen LogP contribution >= 0.6 is 11.8 Å². The SMILES string of the molecule is CN(C)n1c(SCC(=O)O)n[nH]c1=O. The standard InChI is InChI=1S/C6H10N4O3S/c1-9(2)10-5(13)7-8-6(10)14-3-4(11)12/h3H2,1-2H3,(H,7,13)(H,11,12). The van der Waals surface area contributed by atoms with Crippen LogP contribution < -0.4 is 10.7 Å². The molecule has 0 atom stereocenters. The van der Waals surface area contributed by atoms with Gasteiger partial charge in [0.15, 0.2) is 0 Å². The highest BCUT2D eigenvalue weighted by molar-refractivity contribution is 7.99. The summed E-state index contributed by atoms with van der Waals surface area (Å²) >= 11 is 0.984. The molecule has 0 bridgehead atoms. The fourth-order valence-corrected chi connectivity index (χ4v) is 1.58. The maximum atomic E-state index is 11.2. The summed E-state index contributed by atoms with van der Waals surface area (Å²) in [5.41, 5.74) is -0.386. The molecule has 1 rings (SSSR count). The van der Waals surface area contributed by atoms with Gasteiger partial charge in [0.25, 0.3) is 0 Å². The maximum absolute atomic E-state index is 11.2. The summed E-state index contributed by atoms with van der Waals surface area (Å²) in [6, 6.07) is 0. The minimum absolute atomic E-state index is 0.127. The molecule has 78 valence electrons. The summed E-state index contributed by atoms with van der Waals surface area (Å²) in [6.07, 6.45) is 0. The predicted molar refractivity (Wildman–Crippen MR) is 51.3 cm³/mol. The highest BCUT2D eigenvalue weighted by Gasteiger charge is 2.11. The molecule has 0 unspecified atom stereocenters. The van der Waals surface area contributed by atoms with Gasteiger partial charge in [-0.1, -0.05) is 11.8 Å². The molecule has 1 aromatic rings. The predicted octanol–water partition coefficient (Wildman–Crippen LogP) is -1.05. The lowest BCUT2D eigenvalue weighted by molar-refractivity contribution is -0.133. The molecule has 1 aromatic heterocycles. The van der Waals surface area contributed by atoms with E-state index in [1.54, 1.807) is 14.1 Å². The van der Waals surface area contributed by atoms with Crippen molar-refractivity contribution in [2.45, 2.75) is 5.16 Å². The van der Waals surface area contributed by atoms with Crippen LogP contribution in [0.25, 0.3) is 0 Å². The van der Waals surface area contributed by atoms with Crippen molar-refractivity contribution < 1.29 is 9.90 Å². The number of carboxylic acid groups (broad SMARTS) is 1. The normalized spacial score (nSPS) is 10.1. The molecule has 2 N–H and O–H groups in total. The van der Waals surface area contributed by atoms with Crippen LogP contribution in [0.3, 0.4) is 0 Å². The molecular formula is C6H10N4O3S. The Balaban J connectivity index is 2.87. The van der Waals surface area contributed by atoms with E-state index < -0.39 is 5.97 Å². The van der Waals surface area contributed by atoms with Crippen LogP contribution in [-0.2, 0) is 4.79 Å². The zero-order chi connectivity index (χ0) is 10.7. The van der Waals surface area contributed by atoms with Crippen molar-refractivity contribution in [3.05, 3.63) is 10.5 Å². The number of nitrogens with zero attached hydrogens (tertiary/aromatic N) is 3. The van der Waals surface area contributed by atoms with Crippen molar-refractivity contribution in [3.63, 3.8) is 0 Å². The third-order valence-electron chi connectivity index (χ3n) is 1.35. The molecule has 0 amide bonds. The number of H-pyrrole nitrogens is 1. The molecule has 14 heavy (non-hydrogen) atoms. The van der Waals surface area contributed by atoms with Crippen LogP contribution in [-0.4, -0.2) is 45.8 Å². The topological polar surface area (TPSA) is 91.2 Å². The van der Waals surface area contributed by atoms with E-state index in [4.69, 9.17) is 5.11 Å². The van der Waals surface area contributed by atoms with Gasteiger partial charge in [0.2, 0.25) is 5.16 Å². The van der Waals surface area contributed by atoms with Crippen molar-refractivity contribution in [1.82, 2.24) is 14.9 Å². The number of aromatic nitrogens is 3. The number of carboxylic acids is 1. The lowest BCUT2D eigenvalue weighted by Gasteiger charge is -2.13. The fourth-order valence-electron chi connectivity index (χ4n) is 0.850. The Labute approximate surface area is 83.7 Å². The van der Waals surface area contributed by atoms with Crippen molar-refractivity contribution in [2.75, 3.05) is 24.9 Å². The van der Waals surface area contributed by atoms with Crippen molar-refractivity contribution >= 4 is 17.7 Å². The first-order valence-corrected chi connectivity index (χ1v) is 4.70. The molecule has 0 saturated carbocycles. The van der Waals surface area contributed by atoms with Crippen LogP contribution in [0.1, 0.15) is 0 Å². The summed E-state index contributed by atoms with van der Waals surface area (Å²) in [6.45, 7) is 0. The molecule has 7 nitrogen and oxygen atoms in total. The first-order chi connectivity index (χ1) is 6.52. The number of aromatic amines is 1. The Bertz CT molecular complexity index is 383. The number of carbonyl (C=O) groups is 1. The number of nitrogens with one attached hydrogen (secondary N) is 1. The fraction of sp³-hybridized carbons (Fsp3) is 0.500. The van der Waals surface area contributed by atoms with E-state index in [9.17, 15) is 9.59 Å². The van der Waals surface area contributed by atoms with Gasteiger partial charge in [-0.25, -0.2) is 9.89 Å². The summed E-state index contributed by atoms with van der Waals surface area (Å²) < 4.78 is 1.26. The highest BCUT2D eigenvalue weighted by Crippen LogP contribution is 2.11. The second kappa shape index (κ2) is 4.18. The van der Waals surface area contributed by atoms with Crippen molar-refractivity contribution in [3.8, 4) is 0 Å². The molecule has 0 radical (unpaired) electrons. The van der Waals surface area contributed by atoms with Gasteiger partial charge >= 0.3 is 11.7 Å². The van der Waals surface area contributed by atoms with Gasteiger partial charge in [-0.2, -0.15) is 4.68 Å². The molecule has 0 saturated heterocycles. The molecular weight excluding hydrogens is 208 g/mol. The second-order valence-electron chi connectivity index (χ2n) is 2.65. The van der Waals surface area contributed by atoms with Crippen LogP contribution in [0, 0.1) is 0 Å². The van der Waals surface area contributed by atoms with Crippen LogP contribution in [0.4, 0.5) is 0 Å². The van der Waals surface area contributed by atoms with E-state index in [0.717, 1.165) is 11.8 Å². The van der Waals surface area contributed by atoms with Crippen molar-refractivity contribution in [2.24, 2.45) is 0 Å². The average Bonchev–Trinajstić information content (AvgIpc) is 2.43. The molecule has 0 fully saturated rings. The first kappa shape index (κ1) is 10.6. The Morgan fingerprint density at radius 2 is 2.36 bits per heavy atom. The van der Waals surface area contributed by atoms with Gasteiger partial charge in [-0.3, -0.25) is 4.79 Å². The molecule has 0 aliphatic heterocycles. The van der Waals surface area contributed by atoms with E-state index in [0.29, 0.717) is 5.16 Å². The summed E-state index contributed by atoms with van der Waals surface area (Å²) in [5, 5.41) is 16.2. The van der Waals surface area contributed by atoms with Crippen LogP contribution in [0.2, 0.25) is 0 Å². The summed E-state index contributed by atoms with van der Waals surface area (Å²) in [7, 11) is 3.34. The molecule has 0 aliphatic rings. The highest BCUT2D eigenvalue weighted by atomic mass is 32.2. The van der Waals surface area contributed by atoms with E-state index in [1.807, 2.05) is 0 Å². The number of aliphatic carboxylic acids is 1. The second-order valence-corrected chi connectivity index (χ2v) is 3.60. The zero-order valence-electron chi connectivity index (χ0n) is 7.72. The Kier molecular flexibility index (Phi) is 3.18. The molecule has 0 spiro atoms.